The van der Waals surface area contributed by atoms with Crippen molar-refractivity contribution in [1.82, 2.24) is 9.29 Å². The molecular weight excluding hydrogens is 434 g/mol. The molecule has 0 aliphatic rings. The summed E-state index contributed by atoms with van der Waals surface area (Å²) in [5.41, 5.74) is 5.65. The number of anilines is 2. The number of sulfonamides is 1. The first-order valence-corrected chi connectivity index (χ1v) is 11.2. The van der Waals surface area contributed by atoms with Crippen LogP contribution in [0.5, 0.6) is 0 Å². The number of rotatable bonds is 7. The maximum absolute atomic E-state index is 13.0. The summed E-state index contributed by atoms with van der Waals surface area (Å²) in [5.74, 6) is -0.616. The van der Waals surface area contributed by atoms with E-state index in [9.17, 15) is 22.8 Å². The number of hydrogen-bond acceptors (Lipinski definition) is 5. The minimum absolute atomic E-state index is 0.00797. The number of aromatic amines is 1. The maximum atomic E-state index is 13.0. The lowest BCUT2D eigenvalue weighted by Crippen LogP contribution is -2.30. The van der Waals surface area contributed by atoms with Crippen LogP contribution in [0.15, 0.2) is 58.2 Å². The number of primary amides is 1. The van der Waals surface area contributed by atoms with E-state index in [0.29, 0.717) is 30.0 Å². The standard InChI is InChI=1S/C21H23N5O5S/c1-3-26(4-2)32(30,31)15-8-9-18-16(11-15)17(12-19(27)25-18)20(28)23-13-6-5-7-14(10-13)24-21(22)29/h5-12H,3-4H2,1-2H3,(H,23,28)(H,25,27)(H3,22,24,29). The van der Waals surface area contributed by atoms with Crippen LogP contribution in [-0.4, -0.2) is 42.7 Å². The van der Waals surface area contributed by atoms with Crippen molar-refractivity contribution in [2.45, 2.75) is 18.7 Å². The number of fused-ring (bicyclic) bond motifs is 1. The van der Waals surface area contributed by atoms with Gasteiger partial charge in [0, 0.05) is 41.4 Å². The highest BCUT2D eigenvalue weighted by atomic mass is 32.2. The quantitative estimate of drug-likeness (QED) is 0.428. The zero-order valence-corrected chi connectivity index (χ0v) is 18.3. The Morgan fingerprint density at radius 2 is 1.66 bits per heavy atom. The summed E-state index contributed by atoms with van der Waals surface area (Å²) < 4.78 is 27.1. The van der Waals surface area contributed by atoms with Crippen molar-refractivity contribution in [3.8, 4) is 0 Å². The highest BCUT2D eigenvalue weighted by molar-refractivity contribution is 7.89. The molecule has 3 amide bonds. The van der Waals surface area contributed by atoms with Gasteiger partial charge >= 0.3 is 6.03 Å². The summed E-state index contributed by atoms with van der Waals surface area (Å²) in [6.07, 6.45) is 0. The maximum Gasteiger partial charge on any atom is 0.316 e. The lowest BCUT2D eigenvalue weighted by atomic mass is 10.1. The van der Waals surface area contributed by atoms with Crippen LogP contribution in [0.1, 0.15) is 24.2 Å². The number of pyridine rings is 1. The summed E-state index contributed by atoms with van der Waals surface area (Å²) in [6, 6.07) is 10.9. The summed E-state index contributed by atoms with van der Waals surface area (Å²) in [5, 5.41) is 5.33. The molecule has 0 aliphatic heterocycles. The van der Waals surface area contributed by atoms with E-state index in [0.717, 1.165) is 6.07 Å². The van der Waals surface area contributed by atoms with E-state index in [1.54, 1.807) is 32.0 Å². The van der Waals surface area contributed by atoms with Crippen LogP contribution < -0.4 is 21.9 Å². The van der Waals surface area contributed by atoms with Crippen LogP contribution in [-0.2, 0) is 10.0 Å². The molecule has 32 heavy (non-hydrogen) atoms. The van der Waals surface area contributed by atoms with Crippen molar-refractivity contribution in [3.05, 3.63) is 64.4 Å². The number of nitrogens with two attached hydrogens (primary N) is 1. The van der Waals surface area contributed by atoms with Crippen LogP contribution in [0.4, 0.5) is 16.2 Å². The van der Waals surface area contributed by atoms with E-state index in [2.05, 4.69) is 15.6 Å². The summed E-state index contributed by atoms with van der Waals surface area (Å²) >= 11 is 0. The third kappa shape index (κ3) is 4.79. The highest BCUT2D eigenvalue weighted by Crippen LogP contribution is 2.24. The van der Waals surface area contributed by atoms with Crippen molar-refractivity contribution in [2.24, 2.45) is 5.73 Å². The number of H-pyrrole nitrogens is 1. The van der Waals surface area contributed by atoms with Gasteiger partial charge < -0.3 is 21.4 Å². The van der Waals surface area contributed by atoms with E-state index in [1.807, 2.05) is 0 Å². The Morgan fingerprint density at radius 3 is 2.28 bits per heavy atom. The van der Waals surface area contributed by atoms with E-state index in [1.165, 1.54) is 28.6 Å². The number of aromatic nitrogens is 1. The van der Waals surface area contributed by atoms with Gasteiger partial charge in [0.05, 0.1) is 10.5 Å². The summed E-state index contributed by atoms with van der Waals surface area (Å²) in [6.45, 7) is 4.07. The number of benzene rings is 2. The van der Waals surface area contributed by atoms with Crippen LogP contribution >= 0.6 is 0 Å². The van der Waals surface area contributed by atoms with E-state index < -0.39 is 27.5 Å². The number of hydrogen-bond donors (Lipinski definition) is 4. The lowest BCUT2D eigenvalue weighted by molar-refractivity contribution is 0.102. The SMILES string of the molecule is CCN(CC)S(=O)(=O)c1ccc2[nH]c(=O)cc(C(=O)Nc3cccc(NC(N)=O)c3)c2c1. The minimum Gasteiger partial charge on any atom is -0.351 e. The largest absolute Gasteiger partial charge is 0.351 e. The molecule has 1 heterocycles. The first kappa shape index (κ1) is 23.0. The van der Waals surface area contributed by atoms with Crippen molar-refractivity contribution >= 4 is 44.2 Å². The zero-order chi connectivity index (χ0) is 23.5. The first-order valence-electron chi connectivity index (χ1n) is 9.80. The molecule has 3 aromatic rings. The molecule has 5 N–H and O–H groups in total. The van der Waals surface area contributed by atoms with E-state index >= 15 is 0 Å². The number of amides is 3. The smallest absolute Gasteiger partial charge is 0.316 e. The fraction of sp³-hybridized carbons (Fsp3) is 0.190. The molecule has 0 fully saturated rings. The predicted octanol–water partition coefficient (Wildman–Crippen LogP) is 2.30. The topological polar surface area (TPSA) is 154 Å². The number of carbonyl (C=O) groups is 2. The molecule has 11 heteroatoms. The third-order valence-electron chi connectivity index (χ3n) is 4.79. The van der Waals surface area contributed by atoms with Gasteiger partial charge in [-0.1, -0.05) is 19.9 Å². The van der Waals surface area contributed by atoms with Crippen LogP contribution in [0.2, 0.25) is 0 Å². The Morgan fingerprint density at radius 1 is 1.00 bits per heavy atom. The van der Waals surface area contributed by atoms with Gasteiger partial charge in [-0.25, -0.2) is 13.2 Å². The Labute approximate surface area is 184 Å². The van der Waals surface area contributed by atoms with Gasteiger partial charge in [-0.3, -0.25) is 9.59 Å². The van der Waals surface area contributed by atoms with Gasteiger partial charge in [-0.05, 0) is 36.4 Å². The minimum atomic E-state index is -3.76. The van der Waals surface area contributed by atoms with Crippen molar-refractivity contribution < 1.29 is 18.0 Å². The highest BCUT2D eigenvalue weighted by Gasteiger charge is 2.23. The van der Waals surface area contributed by atoms with Crippen molar-refractivity contribution in [2.75, 3.05) is 23.7 Å². The summed E-state index contributed by atoms with van der Waals surface area (Å²) in [4.78, 5) is 38.8. The molecule has 0 atom stereocenters. The Hall–Kier alpha value is -3.70. The Kier molecular flexibility index (Phi) is 6.61. The van der Waals surface area contributed by atoms with Crippen LogP contribution in [0.25, 0.3) is 10.9 Å². The fourth-order valence-corrected chi connectivity index (χ4v) is 4.79. The summed E-state index contributed by atoms with van der Waals surface area (Å²) in [7, 11) is -3.76. The van der Waals surface area contributed by atoms with E-state index in [-0.39, 0.29) is 15.8 Å². The molecule has 0 radical (unpaired) electrons. The average molecular weight is 458 g/mol. The van der Waals surface area contributed by atoms with Crippen LogP contribution in [0, 0.1) is 0 Å². The normalized spacial score (nSPS) is 11.5. The molecule has 2 aromatic carbocycles. The van der Waals surface area contributed by atoms with Gasteiger partial charge in [-0.2, -0.15) is 4.31 Å². The molecule has 3 rings (SSSR count). The first-order chi connectivity index (χ1) is 15.1. The predicted molar refractivity (Wildman–Crippen MR) is 122 cm³/mol. The molecule has 168 valence electrons. The second-order valence-corrected chi connectivity index (χ2v) is 8.81. The molecule has 10 nitrogen and oxygen atoms in total. The second kappa shape index (κ2) is 9.20. The molecule has 0 unspecified atom stereocenters. The van der Waals surface area contributed by atoms with Gasteiger partial charge in [0.1, 0.15) is 0 Å². The van der Waals surface area contributed by atoms with Gasteiger partial charge in [-0.15, -0.1) is 0 Å². The monoisotopic (exact) mass is 457 g/mol. The van der Waals surface area contributed by atoms with Gasteiger partial charge in [0.2, 0.25) is 15.6 Å². The average Bonchev–Trinajstić information content (AvgIpc) is 2.73. The molecule has 0 saturated heterocycles. The van der Waals surface area contributed by atoms with Crippen molar-refractivity contribution in [1.29, 1.82) is 0 Å². The van der Waals surface area contributed by atoms with Gasteiger partial charge in [0.25, 0.3) is 5.91 Å². The Bertz CT molecular complexity index is 1350. The molecule has 1 aromatic heterocycles. The number of nitrogens with one attached hydrogen (secondary N) is 3. The fourth-order valence-electron chi connectivity index (χ4n) is 3.31. The third-order valence-corrected chi connectivity index (χ3v) is 6.84. The van der Waals surface area contributed by atoms with Crippen LogP contribution in [0.3, 0.4) is 0 Å². The number of urea groups is 1. The number of nitrogens with zero attached hydrogens (tertiary/aromatic N) is 1. The van der Waals surface area contributed by atoms with E-state index in [4.69, 9.17) is 5.73 Å². The van der Waals surface area contributed by atoms with Gasteiger partial charge in [0.15, 0.2) is 0 Å². The molecule has 0 saturated carbocycles. The molecular formula is C21H23N5O5S. The zero-order valence-electron chi connectivity index (χ0n) is 17.5. The molecule has 0 spiro atoms. The molecule has 0 aliphatic carbocycles. The van der Waals surface area contributed by atoms with Crippen molar-refractivity contribution in [3.63, 3.8) is 0 Å². The molecule has 0 bridgehead atoms. The second-order valence-electron chi connectivity index (χ2n) is 6.87. The Balaban J connectivity index is 2.05. The number of carbonyl (C=O) groups excluding carboxylic acids is 2. The lowest BCUT2D eigenvalue weighted by Gasteiger charge is -2.19.